The zero-order chi connectivity index (χ0) is 29.6. The first-order chi connectivity index (χ1) is 21.1. The number of hydrogen-bond acceptors (Lipinski definition) is 4. The van der Waals surface area contributed by atoms with E-state index in [-0.39, 0.29) is 26.4 Å². The van der Waals surface area contributed by atoms with Gasteiger partial charge in [-0.3, -0.25) is 0 Å². The van der Waals surface area contributed by atoms with Gasteiger partial charge >= 0.3 is 0 Å². The Bertz CT molecular complexity index is 1860. The molecule has 0 radical (unpaired) electrons. The highest BCUT2D eigenvalue weighted by Crippen LogP contribution is 2.57. The van der Waals surface area contributed by atoms with Crippen LogP contribution in [-0.2, 0) is 5.41 Å². The van der Waals surface area contributed by atoms with Crippen LogP contribution in [0.3, 0.4) is 0 Å². The lowest BCUT2D eigenvalue weighted by molar-refractivity contribution is 0.201. The number of fused-ring (bicyclic) bond motifs is 5. The van der Waals surface area contributed by atoms with Gasteiger partial charge < -0.3 is 19.7 Å². The summed E-state index contributed by atoms with van der Waals surface area (Å²) in [6, 6.07) is 38.9. The van der Waals surface area contributed by atoms with Crippen molar-refractivity contribution in [3.8, 4) is 22.6 Å². The standard InChI is InChI=1S/C37H28Br2O4/c38-35-27-13-11-25(21-23(27)9-15-33(35)42-19-17-40)37(31-7-3-1-5-29(31)30-6-2-4-8-32(30)37)26-12-14-28-24(22-26)10-16-34(36(28)39)43-20-18-41/h1-16,21-22,40-41H,17-20H2. The van der Waals surface area contributed by atoms with Gasteiger partial charge in [-0.05, 0) is 111 Å². The van der Waals surface area contributed by atoms with Crippen molar-refractivity contribution in [2.75, 3.05) is 26.4 Å². The third-order valence-electron chi connectivity index (χ3n) is 8.35. The first kappa shape index (κ1) is 28.1. The summed E-state index contributed by atoms with van der Waals surface area (Å²) < 4.78 is 13.3. The topological polar surface area (TPSA) is 58.9 Å². The highest BCUT2D eigenvalue weighted by atomic mass is 79.9. The third kappa shape index (κ3) is 4.47. The van der Waals surface area contributed by atoms with Crippen LogP contribution in [0.4, 0.5) is 0 Å². The van der Waals surface area contributed by atoms with Crippen LogP contribution in [0, 0.1) is 0 Å². The Hall–Kier alpha value is -3.68. The Balaban J connectivity index is 1.49. The molecule has 0 unspecified atom stereocenters. The molecule has 0 fully saturated rings. The van der Waals surface area contributed by atoms with Crippen LogP contribution in [0.5, 0.6) is 11.5 Å². The Kier molecular flexibility index (Phi) is 7.48. The second-order valence-corrected chi connectivity index (χ2v) is 12.2. The minimum atomic E-state index is -0.549. The van der Waals surface area contributed by atoms with Crippen molar-refractivity contribution in [1.82, 2.24) is 0 Å². The maximum absolute atomic E-state index is 9.26. The lowest BCUT2D eigenvalue weighted by Crippen LogP contribution is -2.28. The van der Waals surface area contributed by atoms with E-state index in [0.29, 0.717) is 11.5 Å². The molecular weight excluding hydrogens is 668 g/mol. The van der Waals surface area contributed by atoms with Gasteiger partial charge in [-0.25, -0.2) is 0 Å². The molecule has 4 nitrogen and oxygen atoms in total. The van der Waals surface area contributed by atoms with Crippen LogP contribution in [0.1, 0.15) is 22.3 Å². The monoisotopic (exact) mass is 694 g/mol. The summed E-state index contributed by atoms with van der Waals surface area (Å²) >= 11 is 7.50. The molecule has 0 aliphatic heterocycles. The van der Waals surface area contributed by atoms with E-state index in [2.05, 4.69) is 129 Å². The lowest BCUT2D eigenvalue weighted by Gasteiger charge is -2.34. The van der Waals surface area contributed by atoms with E-state index in [1.807, 2.05) is 12.1 Å². The van der Waals surface area contributed by atoms with Gasteiger partial charge in [0.1, 0.15) is 24.7 Å². The average Bonchev–Trinajstić information content (AvgIpc) is 3.35. The second kappa shape index (κ2) is 11.4. The highest BCUT2D eigenvalue weighted by Gasteiger charge is 2.46. The van der Waals surface area contributed by atoms with Crippen molar-refractivity contribution in [2.45, 2.75) is 5.41 Å². The van der Waals surface area contributed by atoms with E-state index in [4.69, 9.17) is 9.47 Å². The van der Waals surface area contributed by atoms with Crippen LogP contribution in [-0.4, -0.2) is 36.6 Å². The Morgan fingerprint density at radius 3 is 1.42 bits per heavy atom. The fraction of sp³-hybridized carbons (Fsp3) is 0.135. The molecule has 1 aliphatic carbocycles. The molecule has 0 aromatic heterocycles. The van der Waals surface area contributed by atoms with Gasteiger partial charge in [0.05, 0.1) is 27.6 Å². The molecule has 0 saturated heterocycles. The molecule has 43 heavy (non-hydrogen) atoms. The van der Waals surface area contributed by atoms with E-state index in [9.17, 15) is 10.2 Å². The van der Waals surface area contributed by atoms with E-state index in [1.54, 1.807) is 0 Å². The molecule has 0 saturated carbocycles. The number of benzene rings is 6. The van der Waals surface area contributed by atoms with Crippen molar-refractivity contribution in [2.24, 2.45) is 0 Å². The van der Waals surface area contributed by atoms with Gasteiger partial charge in [-0.2, -0.15) is 0 Å². The number of hydrogen-bond donors (Lipinski definition) is 2. The second-order valence-electron chi connectivity index (χ2n) is 10.6. The maximum atomic E-state index is 9.26. The predicted molar refractivity (Wildman–Crippen MR) is 179 cm³/mol. The summed E-state index contributed by atoms with van der Waals surface area (Å²) in [7, 11) is 0. The van der Waals surface area contributed by atoms with Crippen molar-refractivity contribution < 1.29 is 19.7 Å². The van der Waals surface area contributed by atoms with E-state index in [0.717, 1.165) is 30.5 Å². The van der Waals surface area contributed by atoms with E-state index < -0.39 is 5.41 Å². The van der Waals surface area contributed by atoms with Crippen LogP contribution in [0.15, 0.2) is 118 Å². The molecule has 0 bridgehead atoms. The zero-order valence-corrected chi connectivity index (χ0v) is 26.4. The first-order valence-electron chi connectivity index (χ1n) is 14.2. The number of rotatable bonds is 8. The molecular formula is C37H28Br2O4. The molecule has 6 aromatic rings. The van der Waals surface area contributed by atoms with Crippen molar-refractivity contribution >= 4 is 53.4 Å². The SMILES string of the molecule is OCCOc1ccc2cc(C3(c4ccc5c(Br)c(OCCO)ccc5c4)c4ccccc4-c4ccccc43)ccc2c1Br. The normalized spacial score (nSPS) is 13.2. The van der Waals surface area contributed by atoms with Gasteiger partial charge in [0.25, 0.3) is 0 Å². The number of aliphatic hydroxyl groups excluding tert-OH is 2. The Labute approximate surface area is 266 Å². The first-order valence-corrected chi connectivity index (χ1v) is 15.8. The average molecular weight is 696 g/mol. The fourth-order valence-electron chi connectivity index (χ4n) is 6.57. The Morgan fingerprint density at radius 2 is 0.977 bits per heavy atom. The molecule has 1 aliphatic rings. The summed E-state index contributed by atoms with van der Waals surface area (Å²) in [5.41, 5.74) is 6.77. The molecule has 0 atom stereocenters. The van der Waals surface area contributed by atoms with Crippen molar-refractivity contribution in [1.29, 1.82) is 0 Å². The van der Waals surface area contributed by atoms with Gasteiger partial charge in [0.2, 0.25) is 0 Å². The van der Waals surface area contributed by atoms with Crippen molar-refractivity contribution in [3.05, 3.63) is 140 Å². The van der Waals surface area contributed by atoms with Gasteiger partial charge in [-0.15, -0.1) is 0 Å². The molecule has 6 aromatic carbocycles. The molecule has 0 spiro atoms. The minimum absolute atomic E-state index is 0.0376. The fourth-order valence-corrected chi connectivity index (χ4v) is 7.78. The molecule has 0 amide bonds. The molecule has 6 heteroatoms. The quantitative estimate of drug-likeness (QED) is 0.167. The summed E-state index contributed by atoms with van der Waals surface area (Å²) in [6.07, 6.45) is 0. The van der Waals surface area contributed by atoms with Crippen molar-refractivity contribution in [3.63, 3.8) is 0 Å². The summed E-state index contributed by atoms with van der Waals surface area (Å²) in [5, 5.41) is 22.8. The maximum Gasteiger partial charge on any atom is 0.134 e. The minimum Gasteiger partial charge on any atom is -0.490 e. The van der Waals surface area contributed by atoms with Gasteiger partial charge in [-0.1, -0.05) is 84.9 Å². The van der Waals surface area contributed by atoms with Crippen LogP contribution < -0.4 is 9.47 Å². The summed E-state index contributed by atoms with van der Waals surface area (Å²) in [5.74, 6) is 1.42. The summed E-state index contributed by atoms with van der Waals surface area (Å²) in [4.78, 5) is 0. The predicted octanol–water partition coefficient (Wildman–Crippen LogP) is 8.62. The zero-order valence-electron chi connectivity index (χ0n) is 23.2. The Morgan fingerprint density at radius 1 is 0.535 bits per heavy atom. The number of halogens is 2. The van der Waals surface area contributed by atoms with Crippen LogP contribution in [0.25, 0.3) is 32.7 Å². The van der Waals surface area contributed by atoms with E-state index >= 15 is 0 Å². The smallest absolute Gasteiger partial charge is 0.134 e. The van der Waals surface area contributed by atoms with Crippen LogP contribution >= 0.6 is 31.9 Å². The van der Waals surface area contributed by atoms with E-state index in [1.165, 1.54) is 33.4 Å². The molecule has 0 heterocycles. The highest BCUT2D eigenvalue weighted by molar-refractivity contribution is 9.11. The number of aliphatic hydroxyl groups is 2. The van der Waals surface area contributed by atoms with Gasteiger partial charge in [0, 0.05) is 0 Å². The molecule has 2 N–H and O–H groups in total. The lowest BCUT2D eigenvalue weighted by atomic mass is 9.67. The third-order valence-corrected chi connectivity index (χ3v) is 9.99. The van der Waals surface area contributed by atoms with Gasteiger partial charge in [0.15, 0.2) is 0 Å². The largest absolute Gasteiger partial charge is 0.490 e. The van der Waals surface area contributed by atoms with Crippen LogP contribution in [0.2, 0.25) is 0 Å². The molecule has 214 valence electrons. The molecule has 7 rings (SSSR count). The number of ether oxygens (including phenoxy) is 2. The summed E-state index contributed by atoms with van der Waals surface area (Å²) in [6.45, 7) is 0.409.